The van der Waals surface area contributed by atoms with Crippen LogP contribution in [0.15, 0.2) is 40.9 Å². The number of hydrogen-bond acceptors (Lipinski definition) is 4. The molecule has 5 heteroatoms. The summed E-state index contributed by atoms with van der Waals surface area (Å²) in [5, 5.41) is 6.09. The Labute approximate surface area is 98.4 Å². The molecule has 2 aromatic rings. The van der Waals surface area contributed by atoms with Gasteiger partial charge in [-0.05, 0) is 12.5 Å². The second-order valence-electron chi connectivity index (χ2n) is 3.52. The van der Waals surface area contributed by atoms with Crippen molar-refractivity contribution in [1.29, 1.82) is 0 Å². The Hall–Kier alpha value is -2.30. The maximum atomic E-state index is 11.4. The van der Waals surface area contributed by atoms with Gasteiger partial charge in [-0.15, -0.1) is 0 Å². The van der Waals surface area contributed by atoms with Gasteiger partial charge in [-0.3, -0.25) is 5.32 Å². The molecule has 1 heterocycles. The van der Waals surface area contributed by atoms with Crippen LogP contribution in [0, 0.1) is 6.92 Å². The predicted molar refractivity (Wildman–Crippen MR) is 61.5 cm³/mol. The fraction of sp³-hybridized carbons (Fsp3) is 0.167. The lowest BCUT2D eigenvalue weighted by Gasteiger charge is -2.04. The van der Waals surface area contributed by atoms with E-state index in [4.69, 9.17) is 9.26 Å². The lowest BCUT2D eigenvalue weighted by molar-refractivity contribution is 0.154. The van der Waals surface area contributed by atoms with Crippen molar-refractivity contribution in [3.63, 3.8) is 0 Å². The number of carbonyl (C=O) groups is 1. The van der Waals surface area contributed by atoms with Crippen LogP contribution in [0.2, 0.25) is 0 Å². The number of nitrogens with zero attached hydrogens (tertiary/aromatic N) is 1. The van der Waals surface area contributed by atoms with Crippen molar-refractivity contribution in [3.8, 4) is 0 Å². The van der Waals surface area contributed by atoms with Gasteiger partial charge in [0.1, 0.15) is 6.61 Å². The number of ether oxygens (including phenoxy) is 1. The van der Waals surface area contributed by atoms with Gasteiger partial charge in [0.05, 0.1) is 5.69 Å². The summed E-state index contributed by atoms with van der Waals surface area (Å²) in [6, 6.07) is 11.1. The van der Waals surface area contributed by atoms with Gasteiger partial charge in [0.15, 0.2) is 0 Å². The largest absolute Gasteiger partial charge is 0.444 e. The van der Waals surface area contributed by atoms with E-state index in [1.54, 1.807) is 13.0 Å². The van der Waals surface area contributed by atoms with Gasteiger partial charge in [-0.2, -0.15) is 0 Å². The van der Waals surface area contributed by atoms with E-state index in [0.29, 0.717) is 5.69 Å². The zero-order valence-corrected chi connectivity index (χ0v) is 9.34. The van der Waals surface area contributed by atoms with Crippen LogP contribution < -0.4 is 5.32 Å². The summed E-state index contributed by atoms with van der Waals surface area (Å²) in [6.45, 7) is 1.99. The van der Waals surface area contributed by atoms with Gasteiger partial charge in [-0.25, -0.2) is 4.79 Å². The van der Waals surface area contributed by atoms with Crippen LogP contribution in [0.5, 0.6) is 0 Å². The summed E-state index contributed by atoms with van der Waals surface area (Å²) in [5.74, 6) is 0.278. The van der Waals surface area contributed by atoms with Crippen LogP contribution in [0.25, 0.3) is 0 Å². The van der Waals surface area contributed by atoms with Crippen LogP contribution in [-0.4, -0.2) is 11.2 Å². The maximum Gasteiger partial charge on any atom is 0.414 e. The number of nitrogens with one attached hydrogen (secondary N) is 1. The molecule has 0 aliphatic rings. The molecular weight excluding hydrogens is 220 g/mol. The number of amides is 1. The highest BCUT2D eigenvalue weighted by Gasteiger charge is 2.07. The number of aromatic nitrogens is 1. The molecule has 5 nitrogen and oxygen atoms in total. The molecule has 0 aliphatic heterocycles. The third-order valence-electron chi connectivity index (χ3n) is 2.07. The number of anilines is 1. The van der Waals surface area contributed by atoms with E-state index in [9.17, 15) is 4.79 Å². The van der Waals surface area contributed by atoms with Crippen molar-refractivity contribution in [2.45, 2.75) is 13.5 Å². The van der Waals surface area contributed by atoms with Gasteiger partial charge in [-0.1, -0.05) is 35.5 Å². The van der Waals surface area contributed by atoms with Gasteiger partial charge in [0.25, 0.3) is 0 Å². The smallest absolute Gasteiger partial charge is 0.414 e. The molecule has 0 saturated heterocycles. The third kappa shape index (κ3) is 3.34. The Balaban J connectivity index is 1.82. The average molecular weight is 232 g/mol. The predicted octanol–water partition coefficient (Wildman–Crippen LogP) is 2.73. The maximum absolute atomic E-state index is 11.4. The van der Waals surface area contributed by atoms with Crippen molar-refractivity contribution >= 4 is 12.0 Å². The number of benzene rings is 1. The van der Waals surface area contributed by atoms with E-state index in [2.05, 4.69) is 10.5 Å². The number of hydrogen-bond donors (Lipinski definition) is 1. The molecule has 0 saturated carbocycles. The minimum Gasteiger partial charge on any atom is -0.444 e. The van der Waals surface area contributed by atoms with E-state index >= 15 is 0 Å². The quantitative estimate of drug-likeness (QED) is 0.883. The summed E-state index contributed by atoms with van der Waals surface area (Å²) in [6.07, 6.45) is -0.565. The van der Waals surface area contributed by atoms with E-state index in [0.717, 1.165) is 5.56 Å². The van der Waals surface area contributed by atoms with Gasteiger partial charge in [0.2, 0.25) is 5.88 Å². The average Bonchev–Trinajstić information content (AvgIpc) is 2.73. The molecule has 1 aromatic heterocycles. The fourth-order valence-corrected chi connectivity index (χ4v) is 1.28. The lowest BCUT2D eigenvalue weighted by atomic mass is 10.2. The molecule has 0 bridgehead atoms. The van der Waals surface area contributed by atoms with E-state index < -0.39 is 6.09 Å². The van der Waals surface area contributed by atoms with Crippen molar-refractivity contribution in [1.82, 2.24) is 5.16 Å². The third-order valence-corrected chi connectivity index (χ3v) is 2.07. The number of carbonyl (C=O) groups excluding carboxylic acids is 1. The highest BCUT2D eigenvalue weighted by Crippen LogP contribution is 2.09. The van der Waals surface area contributed by atoms with Crippen LogP contribution in [-0.2, 0) is 11.3 Å². The molecule has 2 rings (SSSR count). The Bertz CT molecular complexity index is 493. The van der Waals surface area contributed by atoms with Crippen LogP contribution in [0.1, 0.15) is 11.3 Å². The highest BCUT2D eigenvalue weighted by molar-refractivity contribution is 5.82. The summed E-state index contributed by atoms with van der Waals surface area (Å²) < 4.78 is 9.83. The SMILES string of the molecule is Cc1cc(NC(=O)OCc2ccccc2)on1. The monoisotopic (exact) mass is 232 g/mol. The molecule has 88 valence electrons. The molecule has 0 radical (unpaired) electrons. The second kappa shape index (κ2) is 5.16. The van der Waals surface area contributed by atoms with Gasteiger partial charge >= 0.3 is 6.09 Å². The van der Waals surface area contributed by atoms with Gasteiger partial charge < -0.3 is 9.26 Å². The van der Waals surface area contributed by atoms with E-state index in [-0.39, 0.29) is 12.5 Å². The summed E-state index contributed by atoms with van der Waals surface area (Å²) in [7, 11) is 0. The summed E-state index contributed by atoms with van der Waals surface area (Å²) >= 11 is 0. The van der Waals surface area contributed by atoms with Crippen molar-refractivity contribution in [3.05, 3.63) is 47.7 Å². The Morgan fingerprint density at radius 3 is 2.82 bits per heavy atom. The minimum absolute atomic E-state index is 0.222. The molecular formula is C12H12N2O3. The lowest BCUT2D eigenvalue weighted by Crippen LogP contribution is -2.12. The summed E-state index contributed by atoms with van der Waals surface area (Å²) in [5.41, 5.74) is 1.62. The zero-order chi connectivity index (χ0) is 12.1. The second-order valence-corrected chi connectivity index (χ2v) is 3.52. The number of rotatable bonds is 3. The molecule has 1 amide bonds. The zero-order valence-electron chi connectivity index (χ0n) is 9.34. The first-order valence-corrected chi connectivity index (χ1v) is 5.15. The first-order chi connectivity index (χ1) is 8.24. The molecule has 0 aliphatic carbocycles. The highest BCUT2D eigenvalue weighted by atomic mass is 16.6. The first kappa shape index (κ1) is 11.2. The van der Waals surface area contributed by atoms with Gasteiger partial charge in [0, 0.05) is 6.07 Å². The Morgan fingerprint density at radius 1 is 1.41 bits per heavy atom. The van der Waals surface area contributed by atoms with Crippen LogP contribution in [0.3, 0.4) is 0 Å². The minimum atomic E-state index is -0.565. The van der Waals surface area contributed by atoms with Crippen LogP contribution in [0.4, 0.5) is 10.7 Å². The standard InChI is InChI=1S/C12H12N2O3/c1-9-7-11(17-14-9)13-12(15)16-8-10-5-3-2-4-6-10/h2-7H,8H2,1H3,(H,13,15). The molecule has 0 fully saturated rings. The number of aryl methyl sites for hydroxylation is 1. The molecule has 0 unspecified atom stereocenters. The molecule has 17 heavy (non-hydrogen) atoms. The summed E-state index contributed by atoms with van der Waals surface area (Å²) in [4.78, 5) is 11.4. The molecule has 0 atom stereocenters. The van der Waals surface area contributed by atoms with Crippen molar-refractivity contribution < 1.29 is 14.1 Å². The molecule has 1 aromatic carbocycles. The molecule has 1 N–H and O–H groups in total. The topological polar surface area (TPSA) is 64.4 Å². The van der Waals surface area contributed by atoms with E-state index in [1.165, 1.54) is 0 Å². The van der Waals surface area contributed by atoms with Crippen LogP contribution >= 0.6 is 0 Å². The fourth-order valence-electron chi connectivity index (χ4n) is 1.28. The molecule has 0 spiro atoms. The van der Waals surface area contributed by atoms with Crippen molar-refractivity contribution in [2.24, 2.45) is 0 Å². The Morgan fingerprint density at radius 2 is 2.18 bits per heavy atom. The van der Waals surface area contributed by atoms with E-state index in [1.807, 2.05) is 30.3 Å². The first-order valence-electron chi connectivity index (χ1n) is 5.15. The van der Waals surface area contributed by atoms with Crippen molar-refractivity contribution in [2.75, 3.05) is 5.32 Å². The Kier molecular flexibility index (Phi) is 3.40. The normalized spacial score (nSPS) is 9.94.